The number of benzene rings is 1. The Hall–Kier alpha value is -1.55. The van der Waals surface area contributed by atoms with Gasteiger partial charge in [0.2, 0.25) is 0 Å². The van der Waals surface area contributed by atoms with Crippen molar-refractivity contribution in [2.75, 3.05) is 0 Å². The van der Waals surface area contributed by atoms with Gasteiger partial charge in [-0.1, -0.05) is 49.6 Å². The van der Waals surface area contributed by atoms with E-state index in [1.165, 1.54) is 12.0 Å². The third-order valence-corrected chi connectivity index (χ3v) is 6.73. The van der Waals surface area contributed by atoms with E-state index in [0.717, 1.165) is 51.2 Å². The molecule has 3 fully saturated rings. The smallest absolute Gasteiger partial charge is 0.741 e. The fourth-order valence-electron chi connectivity index (χ4n) is 5.77. The number of nitrogens with zero attached hydrogens (tertiary/aromatic N) is 2. The van der Waals surface area contributed by atoms with Crippen LogP contribution in [0.3, 0.4) is 0 Å². The molecule has 0 amide bonds. The Bertz CT molecular complexity index is 787. The first-order valence-corrected chi connectivity index (χ1v) is 10.8. The predicted octanol–water partition coefficient (Wildman–Crippen LogP) is 1.78. The van der Waals surface area contributed by atoms with Gasteiger partial charge in [-0.25, -0.2) is 0 Å². The molecule has 5 unspecified atom stereocenters. The van der Waals surface area contributed by atoms with Gasteiger partial charge in [0.25, 0.3) is 5.97 Å². The van der Waals surface area contributed by atoms with E-state index in [2.05, 4.69) is 40.5 Å². The molecule has 0 radical (unpaired) electrons. The Morgan fingerprint density at radius 1 is 1.12 bits per heavy atom. The third kappa shape index (κ3) is 6.49. The van der Waals surface area contributed by atoms with Crippen LogP contribution in [0.1, 0.15) is 63.4 Å². The molecule has 2 bridgehead atoms. The van der Waals surface area contributed by atoms with Crippen molar-refractivity contribution < 1.29 is 43.0 Å². The number of hydrogen-bond acceptors (Lipinski definition) is 5. The molecule has 3 saturated carbocycles. The first kappa shape index (κ1) is 30.4. The van der Waals surface area contributed by atoms with Crippen LogP contribution >= 0.6 is 0 Å². The minimum absolute atomic E-state index is 0. The van der Waals surface area contributed by atoms with Crippen LogP contribution in [0.4, 0.5) is 0 Å². The number of hydrogen-bond donors (Lipinski definition) is 3. The number of carboxylic acid groups (broad SMARTS) is 1. The van der Waals surface area contributed by atoms with Crippen molar-refractivity contribution in [2.24, 2.45) is 33.7 Å². The van der Waals surface area contributed by atoms with Crippen molar-refractivity contribution >= 4 is 29.5 Å². The molecule has 8 nitrogen and oxygen atoms in total. The summed E-state index contributed by atoms with van der Waals surface area (Å²) in [7, 11) is 0. The van der Waals surface area contributed by atoms with Crippen LogP contribution in [0.15, 0.2) is 40.5 Å². The van der Waals surface area contributed by atoms with Crippen LogP contribution in [0.25, 0.3) is 0 Å². The van der Waals surface area contributed by atoms with E-state index in [4.69, 9.17) is 28.3 Å². The minimum Gasteiger partial charge on any atom is -0.741 e. The first-order valence-electron chi connectivity index (χ1n) is 10.4. The number of fused-ring (bicyclic) bond motifs is 4. The normalized spacial score (nSPS) is 31.9. The summed E-state index contributed by atoms with van der Waals surface area (Å²) in [4.78, 5) is 9.00. The van der Waals surface area contributed by atoms with Crippen molar-refractivity contribution in [3.63, 3.8) is 0 Å². The molecule has 10 heteroatoms. The molecule has 5 atom stereocenters. The van der Waals surface area contributed by atoms with E-state index in [1.54, 1.807) is 0 Å². The molecule has 0 heterocycles. The molecular weight excluding hydrogens is 482 g/mol. The summed E-state index contributed by atoms with van der Waals surface area (Å²) in [6, 6.07) is 10.7. The van der Waals surface area contributed by atoms with E-state index < -0.39 is 11.6 Å². The number of carbonyl (C=O) groups is 1. The molecule has 8 N–H and O–H groups in total. The number of carboxylic acids is 1. The molecule has 3 aliphatic carbocycles. The molecule has 0 aromatic heterocycles. The van der Waals surface area contributed by atoms with Gasteiger partial charge in [0, 0.05) is 18.8 Å². The molecule has 0 spiro atoms. The first-order chi connectivity index (χ1) is 13.8. The molecule has 3 aliphatic rings. The SMILES string of the molecule is CC(=O)O.N/C([S-])=N/N=C1\C2CCCC1C1(O)CCCCC1C2c1ccccc1.O.O.[Cu+]. The van der Waals surface area contributed by atoms with E-state index in [0.29, 0.717) is 17.8 Å². The molecule has 184 valence electrons. The van der Waals surface area contributed by atoms with Crippen LogP contribution in [-0.2, 0) is 34.5 Å². The van der Waals surface area contributed by atoms with Gasteiger partial charge in [-0.05, 0) is 48.3 Å². The van der Waals surface area contributed by atoms with Crippen molar-refractivity contribution in [3.05, 3.63) is 35.9 Å². The van der Waals surface area contributed by atoms with Gasteiger partial charge in [-0.3, -0.25) is 4.79 Å². The Labute approximate surface area is 205 Å². The summed E-state index contributed by atoms with van der Waals surface area (Å²) >= 11 is 4.90. The van der Waals surface area contributed by atoms with Crippen LogP contribution in [0, 0.1) is 17.8 Å². The third-order valence-electron chi connectivity index (χ3n) is 6.65. The molecule has 4 rings (SSSR count). The topological polar surface area (TPSA) is 171 Å². The number of aliphatic carboxylic acids is 1. The summed E-state index contributed by atoms with van der Waals surface area (Å²) in [5, 5.41) is 27.8. The molecule has 0 aliphatic heterocycles. The van der Waals surface area contributed by atoms with Gasteiger partial charge in [0.15, 0.2) is 0 Å². The van der Waals surface area contributed by atoms with Crippen LogP contribution in [0.2, 0.25) is 0 Å². The maximum atomic E-state index is 11.8. The number of amidine groups is 1. The fraction of sp³-hybridized carbons (Fsp3) is 0.591. The van der Waals surface area contributed by atoms with Gasteiger partial charge >= 0.3 is 17.1 Å². The van der Waals surface area contributed by atoms with Gasteiger partial charge in [-0.2, -0.15) is 10.2 Å². The van der Waals surface area contributed by atoms with Crippen molar-refractivity contribution in [3.8, 4) is 0 Å². The zero-order valence-electron chi connectivity index (χ0n) is 18.1. The number of rotatable bonds is 2. The summed E-state index contributed by atoms with van der Waals surface area (Å²) in [5.41, 5.74) is 7.26. The van der Waals surface area contributed by atoms with Gasteiger partial charge in [0.1, 0.15) is 0 Å². The average molecular weight is 516 g/mol. The zero-order valence-corrected chi connectivity index (χ0v) is 19.9. The predicted molar refractivity (Wildman–Crippen MR) is 124 cm³/mol. The van der Waals surface area contributed by atoms with Gasteiger partial charge in [-0.15, -0.1) is 0 Å². The van der Waals surface area contributed by atoms with E-state index in [9.17, 15) is 5.11 Å². The summed E-state index contributed by atoms with van der Waals surface area (Å²) in [6.07, 6.45) is 7.51. The largest absolute Gasteiger partial charge is 1.00 e. The Balaban J connectivity index is 0.00000127. The summed E-state index contributed by atoms with van der Waals surface area (Å²) in [6.45, 7) is 1.08. The van der Waals surface area contributed by atoms with E-state index >= 15 is 0 Å². The maximum Gasteiger partial charge on any atom is 1.00 e. The molecule has 0 saturated heterocycles. The Kier molecular flexibility index (Phi) is 12.6. The zero-order chi connectivity index (χ0) is 21.0. The van der Waals surface area contributed by atoms with Crippen LogP contribution in [-0.4, -0.2) is 43.6 Å². The number of aliphatic hydroxyl groups is 1. The quantitative estimate of drug-likeness (QED) is 0.179. The second kappa shape index (κ2) is 13.2. The summed E-state index contributed by atoms with van der Waals surface area (Å²) < 4.78 is 0. The monoisotopic (exact) mass is 515 g/mol. The van der Waals surface area contributed by atoms with Crippen molar-refractivity contribution in [1.29, 1.82) is 0 Å². The Morgan fingerprint density at radius 3 is 2.34 bits per heavy atom. The molecule has 1 aromatic carbocycles. The average Bonchev–Trinajstić information content (AvgIpc) is 2.68. The van der Waals surface area contributed by atoms with Crippen LogP contribution < -0.4 is 5.73 Å². The van der Waals surface area contributed by atoms with Crippen LogP contribution in [0.5, 0.6) is 0 Å². The van der Waals surface area contributed by atoms with Gasteiger partial charge < -0.3 is 39.5 Å². The van der Waals surface area contributed by atoms with Gasteiger partial charge in [0.05, 0.1) is 11.3 Å². The molecule has 32 heavy (non-hydrogen) atoms. The molecule has 1 aromatic rings. The maximum absolute atomic E-state index is 11.8. The summed E-state index contributed by atoms with van der Waals surface area (Å²) in [5.74, 6) is 0.225. The fourth-order valence-corrected chi connectivity index (χ4v) is 5.81. The second-order valence-corrected chi connectivity index (χ2v) is 8.77. The second-order valence-electron chi connectivity index (χ2n) is 8.35. The van der Waals surface area contributed by atoms with Crippen molar-refractivity contribution in [2.45, 2.75) is 63.4 Å². The number of nitrogens with two attached hydrogens (primary N) is 1. The minimum atomic E-state index is -0.833. The Morgan fingerprint density at radius 2 is 1.75 bits per heavy atom. The molecular formula is C22H34CuN3O5S. The standard InChI is InChI=1S/C20H27N3OS.C2H4O2.Cu.2H2O/c21-19(25)23-22-18-14-9-6-11-16(18)20(24)12-5-4-10-15(20)17(14)13-7-2-1-3-8-13;1-2(3)4;;;/h1-3,7-8,14-17,24H,4-6,9-12H2,(H3,21,23,25);1H3,(H,3,4);;2*1H2/q;;+1;;/p-1/b22-18+;;;;. The van der Waals surface area contributed by atoms with Crippen molar-refractivity contribution in [1.82, 2.24) is 0 Å². The van der Waals surface area contributed by atoms with E-state index in [1.807, 2.05) is 0 Å². The van der Waals surface area contributed by atoms with E-state index in [-0.39, 0.29) is 39.1 Å².